The minimum atomic E-state index is -3.04. The van der Waals surface area contributed by atoms with E-state index in [4.69, 9.17) is 23.8 Å². The first-order chi connectivity index (χ1) is 8.46. The molecule has 1 aliphatic heterocycles. The SMILES string of the molecule is O=S1(=O)C[C@@H](Cl)[C@@H](NC(=S)Nc2ccccc2)C1. The topological polar surface area (TPSA) is 58.2 Å². The molecule has 0 unspecified atom stereocenters. The molecule has 2 atom stereocenters. The predicted octanol–water partition coefficient (Wildman–Crippen LogP) is 1.38. The fourth-order valence-corrected chi connectivity index (χ4v) is 4.61. The summed E-state index contributed by atoms with van der Waals surface area (Å²) in [6.45, 7) is 0. The molecule has 18 heavy (non-hydrogen) atoms. The van der Waals surface area contributed by atoms with E-state index in [1.54, 1.807) is 0 Å². The van der Waals surface area contributed by atoms with Gasteiger partial charge in [0.25, 0.3) is 0 Å². The van der Waals surface area contributed by atoms with Crippen LogP contribution < -0.4 is 10.6 Å². The van der Waals surface area contributed by atoms with Gasteiger partial charge >= 0.3 is 0 Å². The second-order valence-corrected chi connectivity index (χ2v) is 7.29. The molecule has 1 fully saturated rings. The van der Waals surface area contributed by atoms with Crippen LogP contribution in [0.3, 0.4) is 0 Å². The monoisotopic (exact) mass is 304 g/mol. The van der Waals surface area contributed by atoms with Crippen molar-refractivity contribution >= 4 is 44.5 Å². The zero-order valence-corrected chi connectivity index (χ0v) is 11.9. The van der Waals surface area contributed by atoms with Crippen molar-refractivity contribution in [2.75, 3.05) is 16.8 Å². The summed E-state index contributed by atoms with van der Waals surface area (Å²) < 4.78 is 22.8. The van der Waals surface area contributed by atoms with Crippen molar-refractivity contribution in [3.05, 3.63) is 30.3 Å². The Labute approximate surface area is 117 Å². The summed E-state index contributed by atoms with van der Waals surface area (Å²) in [5.41, 5.74) is 0.849. The van der Waals surface area contributed by atoms with Gasteiger partial charge in [-0.25, -0.2) is 8.42 Å². The second kappa shape index (κ2) is 5.42. The first-order valence-corrected chi connectivity index (χ1v) is 8.10. The number of para-hydroxylation sites is 1. The van der Waals surface area contributed by atoms with Gasteiger partial charge in [-0.15, -0.1) is 11.6 Å². The fourth-order valence-electron chi connectivity index (χ4n) is 1.79. The maximum atomic E-state index is 11.4. The molecule has 7 heteroatoms. The number of nitrogens with one attached hydrogen (secondary N) is 2. The fraction of sp³-hybridized carbons (Fsp3) is 0.364. The molecular weight excluding hydrogens is 292 g/mol. The Hall–Kier alpha value is -0.850. The zero-order valence-electron chi connectivity index (χ0n) is 9.47. The number of sulfone groups is 1. The van der Waals surface area contributed by atoms with Crippen molar-refractivity contribution in [1.82, 2.24) is 5.32 Å². The summed E-state index contributed by atoms with van der Waals surface area (Å²) in [4.78, 5) is 0. The van der Waals surface area contributed by atoms with Gasteiger partial charge in [0, 0.05) is 5.69 Å². The van der Waals surface area contributed by atoms with Crippen LogP contribution in [0.5, 0.6) is 0 Å². The van der Waals surface area contributed by atoms with E-state index >= 15 is 0 Å². The molecular formula is C11H13ClN2O2S2. The third-order valence-electron chi connectivity index (χ3n) is 2.63. The van der Waals surface area contributed by atoms with Gasteiger partial charge in [-0.2, -0.15) is 0 Å². The standard InChI is InChI=1S/C11H13ClN2O2S2/c12-9-6-18(15,16)7-10(9)14-11(17)13-8-4-2-1-3-5-8/h1-5,9-10H,6-7H2,(H2,13,14,17)/t9-,10+/m1/s1. The number of hydrogen-bond acceptors (Lipinski definition) is 3. The number of rotatable bonds is 2. The molecule has 0 spiro atoms. The van der Waals surface area contributed by atoms with Crippen LogP contribution in [0.2, 0.25) is 0 Å². The lowest BCUT2D eigenvalue weighted by Gasteiger charge is -2.17. The largest absolute Gasteiger partial charge is 0.357 e. The predicted molar refractivity (Wildman–Crippen MR) is 77.9 cm³/mol. The molecule has 0 aromatic heterocycles. The van der Waals surface area contributed by atoms with Gasteiger partial charge in [0.15, 0.2) is 14.9 Å². The smallest absolute Gasteiger partial charge is 0.171 e. The highest BCUT2D eigenvalue weighted by molar-refractivity contribution is 7.91. The summed E-state index contributed by atoms with van der Waals surface area (Å²) in [7, 11) is -3.04. The van der Waals surface area contributed by atoms with E-state index in [1.165, 1.54) is 0 Å². The third-order valence-corrected chi connectivity index (χ3v) is 5.23. The molecule has 1 heterocycles. The summed E-state index contributed by atoms with van der Waals surface area (Å²) in [5, 5.41) is 5.87. The molecule has 2 N–H and O–H groups in total. The van der Waals surface area contributed by atoms with E-state index in [0.717, 1.165) is 5.69 Å². The van der Waals surface area contributed by atoms with Crippen molar-refractivity contribution in [1.29, 1.82) is 0 Å². The lowest BCUT2D eigenvalue weighted by molar-refractivity contribution is 0.600. The van der Waals surface area contributed by atoms with Gasteiger partial charge in [0.05, 0.1) is 22.9 Å². The molecule has 0 aliphatic carbocycles. The first kappa shape index (κ1) is 13.6. The molecule has 1 aliphatic rings. The van der Waals surface area contributed by atoms with E-state index in [0.29, 0.717) is 5.11 Å². The molecule has 0 radical (unpaired) electrons. The number of hydrogen-bond donors (Lipinski definition) is 2. The van der Waals surface area contributed by atoms with Crippen LogP contribution >= 0.6 is 23.8 Å². The van der Waals surface area contributed by atoms with Crippen LogP contribution in [0.4, 0.5) is 5.69 Å². The summed E-state index contributed by atoms with van der Waals surface area (Å²) in [6.07, 6.45) is 0. The number of halogens is 1. The van der Waals surface area contributed by atoms with Crippen LogP contribution in [-0.4, -0.2) is 36.5 Å². The van der Waals surface area contributed by atoms with Crippen molar-refractivity contribution in [3.8, 4) is 0 Å². The Bertz CT molecular complexity index is 533. The van der Waals surface area contributed by atoms with Crippen LogP contribution in [0.1, 0.15) is 0 Å². The average Bonchev–Trinajstić information content (AvgIpc) is 2.53. The lowest BCUT2D eigenvalue weighted by Crippen LogP contribution is -2.42. The summed E-state index contributed by atoms with van der Waals surface area (Å²) in [5.74, 6) is 0.0257. The molecule has 4 nitrogen and oxygen atoms in total. The minimum Gasteiger partial charge on any atom is -0.357 e. The first-order valence-electron chi connectivity index (χ1n) is 5.43. The van der Waals surface area contributed by atoms with Gasteiger partial charge in [-0.1, -0.05) is 18.2 Å². The lowest BCUT2D eigenvalue weighted by atomic mass is 10.2. The van der Waals surface area contributed by atoms with Crippen molar-refractivity contribution in [2.45, 2.75) is 11.4 Å². The van der Waals surface area contributed by atoms with E-state index in [1.807, 2.05) is 30.3 Å². The Morgan fingerprint density at radius 1 is 1.28 bits per heavy atom. The van der Waals surface area contributed by atoms with Crippen molar-refractivity contribution in [2.24, 2.45) is 0 Å². The van der Waals surface area contributed by atoms with Crippen molar-refractivity contribution in [3.63, 3.8) is 0 Å². The Kier molecular flexibility index (Phi) is 4.09. The number of alkyl halides is 1. The Morgan fingerprint density at radius 3 is 2.50 bits per heavy atom. The van der Waals surface area contributed by atoms with Gasteiger partial charge in [-0.05, 0) is 24.4 Å². The van der Waals surface area contributed by atoms with Crippen LogP contribution in [-0.2, 0) is 9.84 Å². The van der Waals surface area contributed by atoms with Gasteiger partial charge in [0.1, 0.15) is 0 Å². The van der Waals surface area contributed by atoms with Crippen molar-refractivity contribution < 1.29 is 8.42 Å². The number of anilines is 1. The van der Waals surface area contributed by atoms with E-state index in [-0.39, 0.29) is 17.5 Å². The molecule has 0 saturated carbocycles. The normalized spacial score (nSPS) is 25.6. The van der Waals surface area contributed by atoms with Gasteiger partial charge in [0.2, 0.25) is 0 Å². The molecule has 98 valence electrons. The highest BCUT2D eigenvalue weighted by Crippen LogP contribution is 2.18. The molecule has 1 aromatic rings. The quantitative estimate of drug-likeness (QED) is 0.638. The van der Waals surface area contributed by atoms with Gasteiger partial charge in [-0.3, -0.25) is 0 Å². The molecule has 1 saturated heterocycles. The maximum Gasteiger partial charge on any atom is 0.171 e. The molecule has 0 amide bonds. The number of benzene rings is 1. The van der Waals surface area contributed by atoms with E-state index < -0.39 is 15.2 Å². The van der Waals surface area contributed by atoms with Crippen LogP contribution in [0.15, 0.2) is 30.3 Å². The van der Waals surface area contributed by atoms with E-state index in [2.05, 4.69) is 10.6 Å². The summed E-state index contributed by atoms with van der Waals surface area (Å²) >= 11 is 11.1. The van der Waals surface area contributed by atoms with Crippen LogP contribution in [0.25, 0.3) is 0 Å². The highest BCUT2D eigenvalue weighted by Gasteiger charge is 2.36. The van der Waals surface area contributed by atoms with Crippen LogP contribution in [0, 0.1) is 0 Å². The Balaban J connectivity index is 1.93. The number of thiocarbonyl (C=S) groups is 1. The van der Waals surface area contributed by atoms with Gasteiger partial charge < -0.3 is 10.6 Å². The summed E-state index contributed by atoms with van der Waals surface area (Å²) in [6, 6.07) is 9.08. The molecule has 2 rings (SSSR count). The average molecular weight is 305 g/mol. The zero-order chi connectivity index (χ0) is 13.2. The maximum absolute atomic E-state index is 11.4. The minimum absolute atomic E-state index is 0.000171. The third kappa shape index (κ3) is 3.57. The Morgan fingerprint density at radius 2 is 1.94 bits per heavy atom. The highest BCUT2D eigenvalue weighted by atomic mass is 35.5. The molecule has 0 bridgehead atoms. The molecule has 1 aromatic carbocycles. The second-order valence-electron chi connectivity index (χ2n) is 4.16. The van der Waals surface area contributed by atoms with E-state index in [9.17, 15) is 8.42 Å².